The van der Waals surface area contributed by atoms with Crippen molar-refractivity contribution in [2.45, 2.75) is 12.8 Å². The van der Waals surface area contributed by atoms with Gasteiger partial charge < -0.3 is 15.0 Å². The van der Waals surface area contributed by atoms with Crippen molar-refractivity contribution in [3.63, 3.8) is 0 Å². The smallest absolute Gasteiger partial charge is 0.270 e. The Bertz CT molecular complexity index is 1060. The number of halogens is 3. The van der Waals surface area contributed by atoms with Gasteiger partial charge in [-0.3, -0.25) is 4.79 Å². The monoisotopic (exact) mass is 413 g/mol. The predicted molar refractivity (Wildman–Crippen MR) is 107 cm³/mol. The zero-order chi connectivity index (χ0) is 21.3. The molecule has 1 aliphatic rings. The lowest BCUT2D eigenvalue weighted by molar-refractivity contribution is 0.0175. The first-order chi connectivity index (χ1) is 14.3. The molecule has 0 radical (unpaired) electrons. The Morgan fingerprint density at radius 2 is 1.90 bits per heavy atom. The number of benzene rings is 2. The van der Waals surface area contributed by atoms with Gasteiger partial charge in [0, 0.05) is 18.2 Å². The van der Waals surface area contributed by atoms with E-state index in [0.29, 0.717) is 41.7 Å². The van der Waals surface area contributed by atoms with Gasteiger partial charge in [0.2, 0.25) is 0 Å². The van der Waals surface area contributed by atoms with Crippen LogP contribution in [0.15, 0.2) is 60.8 Å². The van der Waals surface area contributed by atoms with Crippen LogP contribution in [0.5, 0.6) is 5.75 Å². The summed E-state index contributed by atoms with van der Waals surface area (Å²) in [5.41, 5.74) is 1.18. The van der Waals surface area contributed by atoms with Crippen LogP contribution < -0.4 is 15.0 Å². The number of carbonyl (C=O) groups excluding carboxylic acids is 1. The van der Waals surface area contributed by atoms with Gasteiger partial charge in [-0.2, -0.15) is 0 Å². The fourth-order valence-electron chi connectivity index (χ4n) is 3.24. The van der Waals surface area contributed by atoms with E-state index >= 15 is 0 Å². The Labute approximate surface area is 171 Å². The van der Waals surface area contributed by atoms with Crippen LogP contribution in [0.2, 0.25) is 0 Å². The molecule has 154 valence electrons. The Balaban J connectivity index is 1.60. The summed E-state index contributed by atoms with van der Waals surface area (Å²) in [5, 5.41) is 2.70. The number of alkyl halides is 2. The van der Waals surface area contributed by atoms with Gasteiger partial charge in [-0.05, 0) is 36.4 Å². The number of hydrogen-bond acceptors (Lipinski definition) is 4. The summed E-state index contributed by atoms with van der Waals surface area (Å²) in [6, 6.07) is 13.4. The molecule has 3 aromatic rings. The van der Waals surface area contributed by atoms with E-state index < -0.39 is 17.6 Å². The van der Waals surface area contributed by atoms with E-state index in [0.717, 1.165) is 13.1 Å². The first-order valence-electron chi connectivity index (χ1n) is 9.27. The minimum atomic E-state index is -2.95. The SMILES string of the molecule is CC(F)(F)c1ccc(NC(=O)c2cccc3c2OCCN3c2ccc(F)cn2)cc1. The number of aromatic nitrogens is 1. The number of pyridine rings is 1. The summed E-state index contributed by atoms with van der Waals surface area (Å²) in [5.74, 6) is -2.91. The van der Waals surface area contributed by atoms with E-state index in [9.17, 15) is 18.0 Å². The number of ether oxygens (including phenoxy) is 1. The van der Waals surface area contributed by atoms with Crippen molar-refractivity contribution in [2.24, 2.45) is 0 Å². The maximum Gasteiger partial charge on any atom is 0.270 e. The van der Waals surface area contributed by atoms with Crippen LogP contribution in [0.4, 0.5) is 30.4 Å². The van der Waals surface area contributed by atoms with Crippen LogP contribution in [-0.4, -0.2) is 24.0 Å². The number of nitrogens with zero attached hydrogens (tertiary/aromatic N) is 2. The summed E-state index contributed by atoms with van der Waals surface area (Å²) in [6.45, 7) is 1.62. The normalized spacial score (nSPS) is 13.4. The largest absolute Gasteiger partial charge is 0.489 e. The third-order valence-electron chi connectivity index (χ3n) is 4.73. The summed E-state index contributed by atoms with van der Waals surface area (Å²) in [7, 11) is 0. The quantitative estimate of drug-likeness (QED) is 0.646. The van der Waals surface area contributed by atoms with E-state index in [4.69, 9.17) is 4.74 Å². The average molecular weight is 413 g/mol. The fourth-order valence-corrected chi connectivity index (χ4v) is 3.24. The molecule has 1 N–H and O–H groups in total. The van der Waals surface area contributed by atoms with Gasteiger partial charge in [0.15, 0.2) is 5.75 Å². The molecule has 8 heteroatoms. The Hall–Kier alpha value is -3.55. The van der Waals surface area contributed by atoms with Crippen molar-refractivity contribution in [1.29, 1.82) is 0 Å². The molecule has 2 heterocycles. The zero-order valence-corrected chi connectivity index (χ0v) is 16.0. The molecule has 4 rings (SSSR count). The van der Waals surface area contributed by atoms with E-state index in [2.05, 4.69) is 10.3 Å². The van der Waals surface area contributed by atoms with Crippen molar-refractivity contribution < 1.29 is 22.7 Å². The minimum Gasteiger partial charge on any atom is -0.489 e. The number of amides is 1. The highest BCUT2D eigenvalue weighted by Crippen LogP contribution is 2.38. The molecular formula is C22H18F3N3O2. The number of para-hydroxylation sites is 1. The number of fused-ring (bicyclic) bond motifs is 1. The second kappa shape index (κ2) is 7.70. The van der Waals surface area contributed by atoms with Crippen molar-refractivity contribution in [1.82, 2.24) is 4.98 Å². The number of anilines is 3. The van der Waals surface area contributed by atoms with Gasteiger partial charge in [-0.25, -0.2) is 18.2 Å². The van der Waals surface area contributed by atoms with Gasteiger partial charge in [-0.1, -0.05) is 18.2 Å². The number of hydrogen-bond donors (Lipinski definition) is 1. The molecule has 1 aliphatic heterocycles. The van der Waals surface area contributed by atoms with Crippen molar-refractivity contribution in [3.05, 3.63) is 77.7 Å². The zero-order valence-electron chi connectivity index (χ0n) is 16.0. The molecule has 2 aromatic carbocycles. The summed E-state index contributed by atoms with van der Waals surface area (Å²) < 4.78 is 45.7. The van der Waals surface area contributed by atoms with Crippen molar-refractivity contribution in [3.8, 4) is 5.75 Å². The summed E-state index contributed by atoms with van der Waals surface area (Å²) in [6.07, 6.45) is 1.13. The van der Waals surface area contributed by atoms with Crippen molar-refractivity contribution in [2.75, 3.05) is 23.4 Å². The highest BCUT2D eigenvalue weighted by atomic mass is 19.3. The van der Waals surface area contributed by atoms with Crippen LogP contribution in [-0.2, 0) is 5.92 Å². The third-order valence-corrected chi connectivity index (χ3v) is 4.73. The molecule has 0 unspecified atom stereocenters. The first-order valence-corrected chi connectivity index (χ1v) is 9.27. The van der Waals surface area contributed by atoms with Gasteiger partial charge in [0.1, 0.15) is 18.2 Å². The lowest BCUT2D eigenvalue weighted by atomic mass is 10.1. The van der Waals surface area contributed by atoms with Gasteiger partial charge in [0.25, 0.3) is 11.8 Å². The molecule has 5 nitrogen and oxygen atoms in total. The van der Waals surface area contributed by atoms with Gasteiger partial charge >= 0.3 is 0 Å². The van der Waals surface area contributed by atoms with Crippen LogP contribution in [0.1, 0.15) is 22.8 Å². The van der Waals surface area contributed by atoms with E-state index in [1.165, 1.54) is 30.3 Å². The topological polar surface area (TPSA) is 54.5 Å². The van der Waals surface area contributed by atoms with Gasteiger partial charge in [0.05, 0.1) is 24.0 Å². The van der Waals surface area contributed by atoms with E-state index in [1.807, 2.05) is 4.90 Å². The standard InChI is InChI=1S/C22H18F3N3O2/c1-22(24,25)14-5-8-16(9-6-14)27-21(29)17-3-2-4-18-20(17)30-12-11-28(18)19-10-7-15(23)13-26-19/h2-10,13H,11-12H2,1H3,(H,27,29). The Morgan fingerprint density at radius 1 is 1.13 bits per heavy atom. The molecule has 0 fully saturated rings. The lowest BCUT2D eigenvalue weighted by Crippen LogP contribution is -2.30. The molecule has 0 atom stereocenters. The lowest BCUT2D eigenvalue weighted by Gasteiger charge is -2.31. The third kappa shape index (κ3) is 3.94. The van der Waals surface area contributed by atoms with Crippen LogP contribution in [0, 0.1) is 5.82 Å². The Morgan fingerprint density at radius 3 is 2.57 bits per heavy atom. The number of carbonyl (C=O) groups is 1. The summed E-state index contributed by atoms with van der Waals surface area (Å²) >= 11 is 0. The van der Waals surface area contributed by atoms with Gasteiger partial charge in [-0.15, -0.1) is 0 Å². The fraction of sp³-hybridized carbons (Fsp3) is 0.182. The van der Waals surface area contributed by atoms with Crippen molar-refractivity contribution >= 4 is 23.1 Å². The summed E-state index contributed by atoms with van der Waals surface area (Å²) in [4.78, 5) is 18.8. The number of nitrogens with one attached hydrogen (secondary N) is 1. The molecular weight excluding hydrogens is 395 g/mol. The molecule has 0 aliphatic carbocycles. The maximum atomic E-state index is 13.4. The molecule has 1 aromatic heterocycles. The molecule has 0 spiro atoms. The molecule has 30 heavy (non-hydrogen) atoms. The Kier molecular flexibility index (Phi) is 5.07. The average Bonchev–Trinajstić information content (AvgIpc) is 2.73. The minimum absolute atomic E-state index is 0.136. The highest BCUT2D eigenvalue weighted by molar-refractivity contribution is 6.07. The molecule has 0 bridgehead atoms. The van der Waals surface area contributed by atoms with Crippen LogP contribution >= 0.6 is 0 Å². The van der Waals surface area contributed by atoms with E-state index in [1.54, 1.807) is 24.3 Å². The van der Waals surface area contributed by atoms with E-state index in [-0.39, 0.29) is 5.56 Å². The highest BCUT2D eigenvalue weighted by Gasteiger charge is 2.26. The molecule has 0 saturated carbocycles. The van der Waals surface area contributed by atoms with Crippen LogP contribution in [0.3, 0.4) is 0 Å². The molecule has 1 amide bonds. The number of rotatable bonds is 4. The second-order valence-electron chi connectivity index (χ2n) is 6.91. The molecule has 0 saturated heterocycles. The maximum absolute atomic E-state index is 13.4. The second-order valence-corrected chi connectivity index (χ2v) is 6.91. The van der Waals surface area contributed by atoms with Crippen LogP contribution in [0.25, 0.3) is 0 Å². The first kappa shape index (κ1) is 19.8. The predicted octanol–water partition coefficient (Wildman–Crippen LogP) is 5.12.